The van der Waals surface area contributed by atoms with Gasteiger partial charge in [0.1, 0.15) is 0 Å². The highest BCUT2D eigenvalue weighted by molar-refractivity contribution is 5.77. The summed E-state index contributed by atoms with van der Waals surface area (Å²) < 4.78 is 0. The van der Waals surface area contributed by atoms with Crippen LogP contribution in [0.2, 0.25) is 0 Å². The highest BCUT2D eigenvalue weighted by Crippen LogP contribution is 2.12. The number of carbonyl (C=O) groups is 1. The molecule has 0 aliphatic carbocycles. The number of anilines is 1. The summed E-state index contributed by atoms with van der Waals surface area (Å²) in [5.74, 6) is 0.324. The van der Waals surface area contributed by atoms with E-state index in [1.807, 2.05) is 23.1 Å². The van der Waals surface area contributed by atoms with Crippen LogP contribution in [0, 0.1) is 0 Å². The average Bonchev–Trinajstić information content (AvgIpc) is 2.85. The summed E-state index contributed by atoms with van der Waals surface area (Å²) in [6.07, 6.45) is 8.11. The van der Waals surface area contributed by atoms with Crippen LogP contribution in [0.4, 0.5) is 5.69 Å². The number of nitrogens with zero attached hydrogens (tertiary/aromatic N) is 2. The lowest BCUT2D eigenvalue weighted by atomic mass is 10.2. The summed E-state index contributed by atoms with van der Waals surface area (Å²) in [6.45, 7) is 1.85. The summed E-state index contributed by atoms with van der Waals surface area (Å²) in [4.78, 5) is 15.5. The largest absolute Gasteiger partial charge is 0.351 e. The molecule has 1 saturated heterocycles. The SMILES string of the molecule is CN(/C=C/CCCN1CCCC1=O)c1ccccc1. The Labute approximate surface area is 115 Å². The zero-order valence-electron chi connectivity index (χ0n) is 11.6. The predicted molar refractivity (Wildman–Crippen MR) is 79.0 cm³/mol. The maximum Gasteiger partial charge on any atom is 0.222 e. The van der Waals surface area contributed by atoms with E-state index >= 15 is 0 Å². The van der Waals surface area contributed by atoms with Crippen LogP contribution in [-0.2, 0) is 4.79 Å². The molecule has 102 valence electrons. The van der Waals surface area contributed by atoms with Crippen molar-refractivity contribution in [1.29, 1.82) is 0 Å². The molecule has 2 rings (SSSR count). The molecule has 0 N–H and O–H groups in total. The van der Waals surface area contributed by atoms with Crippen LogP contribution in [0.25, 0.3) is 0 Å². The number of hydrogen-bond donors (Lipinski definition) is 0. The molecule has 0 spiro atoms. The second-order valence-electron chi connectivity index (χ2n) is 4.96. The Morgan fingerprint density at radius 1 is 1.32 bits per heavy atom. The van der Waals surface area contributed by atoms with Gasteiger partial charge in [0.25, 0.3) is 0 Å². The summed E-state index contributed by atoms with van der Waals surface area (Å²) in [5.41, 5.74) is 1.19. The van der Waals surface area contributed by atoms with Gasteiger partial charge in [-0.2, -0.15) is 0 Å². The van der Waals surface area contributed by atoms with Crippen LogP contribution in [0.1, 0.15) is 25.7 Å². The Bertz CT molecular complexity index is 428. The quantitative estimate of drug-likeness (QED) is 0.732. The molecule has 1 aliphatic heterocycles. The molecule has 0 bridgehead atoms. The molecule has 1 heterocycles. The third-order valence-corrected chi connectivity index (χ3v) is 3.46. The molecule has 0 saturated carbocycles. The highest BCUT2D eigenvalue weighted by Gasteiger charge is 2.18. The summed E-state index contributed by atoms with van der Waals surface area (Å²) in [5, 5.41) is 0. The number of rotatable bonds is 6. The predicted octanol–water partition coefficient (Wildman–Crippen LogP) is 3.04. The third kappa shape index (κ3) is 4.12. The first-order valence-electron chi connectivity index (χ1n) is 7.00. The Balaban J connectivity index is 1.68. The fraction of sp³-hybridized carbons (Fsp3) is 0.438. The van der Waals surface area contributed by atoms with Gasteiger partial charge in [0.05, 0.1) is 0 Å². The summed E-state index contributed by atoms with van der Waals surface area (Å²) in [6, 6.07) is 10.3. The fourth-order valence-corrected chi connectivity index (χ4v) is 2.32. The van der Waals surface area contributed by atoms with Crippen molar-refractivity contribution in [3.05, 3.63) is 42.6 Å². The topological polar surface area (TPSA) is 23.6 Å². The first-order valence-corrected chi connectivity index (χ1v) is 7.00. The van der Waals surface area contributed by atoms with E-state index in [-0.39, 0.29) is 0 Å². The van der Waals surface area contributed by atoms with Crippen molar-refractivity contribution in [3.8, 4) is 0 Å². The minimum atomic E-state index is 0.324. The van der Waals surface area contributed by atoms with E-state index in [1.54, 1.807) is 0 Å². The molecule has 0 radical (unpaired) electrons. The van der Waals surface area contributed by atoms with Crippen molar-refractivity contribution in [2.24, 2.45) is 0 Å². The number of hydrogen-bond acceptors (Lipinski definition) is 2. The monoisotopic (exact) mass is 258 g/mol. The van der Waals surface area contributed by atoms with Gasteiger partial charge in [-0.25, -0.2) is 0 Å². The number of unbranched alkanes of at least 4 members (excludes halogenated alkanes) is 1. The zero-order valence-corrected chi connectivity index (χ0v) is 11.6. The Morgan fingerprint density at radius 3 is 2.79 bits per heavy atom. The van der Waals surface area contributed by atoms with Crippen molar-refractivity contribution in [2.75, 3.05) is 25.0 Å². The van der Waals surface area contributed by atoms with Gasteiger partial charge in [0, 0.05) is 32.2 Å². The second-order valence-corrected chi connectivity index (χ2v) is 4.96. The normalized spacial score (nSPS) is 15.4. The van der Waals surface area contributed by atoms with Gasteiger partial charge in [-0.3, -0.25) is 4.79 Å². The van der Waals surface area contributed by atoms with E-state index in [0.29, 0.717) is 5.91 Å². The van der Waals surface area contributed by atoms with Crippen molar-refractivity contribution in [1.82, 2.24) is 4.90 Å². The van der Waals surface area contributed by atoms with Crippen LogP contribution >= 0.6 is 0 Å². The van der Waals surface area contributed by atoms with Crippen molar-refractivity contribution < 1.29 is 4.79 Å². The molecule has 1 fully saturated rings. The minimum absolute atomic E-state index is 0.324. The molecule has 1 aromatic carbocycles. The van der Waals surface area contributed by atoms with Gasteiger partial charge >= 0.3 is 0 Å². The van der Waals surface area contributed by atoms with E-state index in [4.69, 9.17) is 0 Å². The molecule has 0 aromatic heterocycles. The minimum Gasteiger partial charge on any atom is -0.351 e. The summed E-state index contributed by atoms with van der Waals surface area (Å²) >= 11 is 0. The van der Waals surface area contributed by atoms with Crippen LogP contribution < -0.4 is 4.90 Å². The number of benzene rings is 1. The van der Waals surface area contributed by atoms with Gasteiger partial charge in [-0.15, -0.1) is 0 Å². The second kappa shape index (κ2) is 6.98. The number of amides is 1. The number of allylic oxidation sites excluding steroid dienone is 1. The smallest absolute Gasteiger partial charge is 0.222 e. The van der Waals surface area contributed by atoms with E-state index in [2.05, 4.69) is 36.4 Å². The Kier molecular flexibility index (Phi) is 5.01. The van der Waals surface area contributed by atoms with E-state index in [9.17, 15) is 4.79 Å². The van der Waals surface area contributed by atoms with Crippen LogP contribution in [0.15, 0.2) is 42.6 Å². The number of para-hydroxylation sites is 1. The lowest BCUT2D eigenvalue weighted by Crippen LogP contribution is -2.25. The lowest BCUT2D eigenvalue weighted by Gasteiger charge is -2.15. The standard InChI is InChI=1S/C16H22N2O/c1-17(15-9-4-2-5-10-15)12-6-3-7-13-18-14-8-11-16(18)19/h2,4-6,9-10,12H,3,7-8,11,13-14H2,1H3/b12-6+. The average molecular weight is 258 g/mol. The lowest BCUT2D eigenvalue weighted by molar-refractivity contribution is -0.127. The highest BCUT2D eigenvalue weighted by atomic mass is 16.2. The number of carbonyl (C=O) groups excluding carboxylic acids is 1. The molecule has 0 atom stereocenters. The van der Waals surface area contributed by atoms with E-state index < -0.39 is 0 Å². The molecule has 3 heteroatoms. The van der Waals surface area contributed by atoms with Gasteiger partial charge in [0.15, 0.2) is 0 Å². The maximum atomic E-state index is 11.4. The van der Waals surface area contributed by atoms with Gasteiger partial charge in [-0.1, -0.05) is 24.3 Å². The fourth-order valence-electron chi connectivity index (χ4n) is 2.32. The molecule has 1 aliphatic rings. The van der Waals surface area contributed by atoms with Gasteiger partial charge in [0.2, 0.25) is 5.91 Å². The van der Waals surface area contributed by atoms with Crippen LogP contribution in [0.3, 0.4) is 0 Å². The van der Waals surface area contributed by atoms with E-state index in [1.165, 1.54) is 5.69 Å². The van der Waals surface area contributed by atoms with Gasteiger partial charge < -0.3 is 9.80 Å². The first kappa shape index (κ1) is 13.7. The van der Waals surface area contributed by atoms with E-state index in [0.717, 1.165) is 38.8 Å². The van der Waals surface area contributed by atoms with Crippen molar-refractivity contribution in [3.63, 3.8) is 0 Å². The summed E-state index contributed by atoms with van der Waals surface area (Å²) in [7, 11) is 2.05. The van der Waals surface area contributed by atoms with Crippen LogP contribution in [-0.4, -0.2) is 30.9 Å². The molecule has 1 aromatic rings. The molecule has 19 heavy (non-hydrogen) atoms. The Hall–Kier alpha value is -1.77. The third-order valence-electron chi connectivity index (χ3n) is 3.46. The molecule has 1 amide bonds. The number of likely N-dealkylation sites (tertiary alicyclic amines) is 1. The Morgan fingerprint density at radius 2 is 2.11 bits per heavy atom. The van der Waals surface area contributed by atoms with Crippen molar-refractivity contribution >= 4 is 11.6 Å². The first-order chi connectivity index (χ1) is 9.27. The molecule has 3 nitrogen and oxygen atoms in total. The zero-order chi connectivity index (χ0) is 13.5. The van der Waals surface area contributed by atoms with Crippen molar-refractivity contribution in [2.45, 2.75) is 25.7 Å². The molecular weight excluding hydrogens is 236 g/mol. The van der Waals surface area contributed by atoms with Crippen LogP contribution in [0.5, 0.6) is 0 Å². The molecular formula is C16H22N2O. The maximum absolute atomic E-state index is 11.4. The molecule has 0 unspecified atom stereocenters. The van der Waals surface area contributed by atoms with Gasteiger partial charge in [-0.05, 0) is 37.6 Å².